The average molecular weight is 234 g/mol. The average Bonchev–Trinajstić information content (AvgIpc) is 2.14. The van der Waals surface area contributed by atoms with Crippen molar-refractivity contribution in [2.75, 3.05) is 13.7 Å². The highest BCUT2D eigenvalue weighted by molar-refractivity contribution is 5.26. The lowest BCUT2D eigenvalue weighted by Crippen LogP contribution is -2.28. The Bertz CT molecular complexity index is 352. The molecule has 0 fully saturated rings. The first kappa shape index (κ1) is 12.8. The number of aryl methyl sites for hydroxylation is 1. The zero-order valence-corrected chi connectivity index (χ0v) is 9.06. The minimum atomic E-state index is -4.20. The van der Waals surface area contributed by atoms with Gasteiger partial charge in [0.15, 0.2) is 0 Å². The van der Waals surface area contributed by atoms with Gasteiger partial charge in [0.25, 0.3) is 0 Å². The Morgan fingerprint density at radius 3 is 2.62 bits per heavy atom. The lowest BCUT2D eigenvalue weighted by molar-refractivity contribution is -0.125. The number of ether oxygens (including phenoxy) is 1. The van der Waals surface area contributed by atoms with Crippen LogP contribution in [0.4, 0.5) is 13.2 Å². The summed E-state index contributed by atoms with van der Waals surface area (Å²) in [5, 5.41) is 2.28. The number of hydrogen-bond acceptors (Lipinski definition) is 3. The second-order valence-corrected chi connectivity index (χ2v) is 3.36. The molecule has 1 aromatic rings. The summed E-state index contributed by atoms with van der Waals surface area (Å²) in [6, 6.07) is 3.32. The van der Waals surface area contributed by atoms with Crippen molar-refractivity contribution >= 4 is 0 Å². The molecule has 0 saturated heterocycles. The van der Waals surface area contributed by atoms with Gasteiger partial charge >= 0.3 is 6.18 Å². The summed E-state index contributed by atoms with van der Waals surface area (Å²) in [4.78, 5) is 4.09. The van der Waals surface area contributed by atoms with Gasteiger partial charge in [-0.25, -0.2) is 0 Å². The SMILES string of the molecule is COc1cc(C)nc(CNCC(F)(F)F)c1. The van der Waals surface area contributed by atoms with Crippen LogP contribution in [0.25, 0.3) is 0 Å². The highest BCUT2D eigenvalue weighted by Gasteiger charge is 2.26. The first-order valence-electron chi connectivity index (χ1n) is 4.70. The Balaban J connectivity index is 2.57. The molecular formula is C10H13F3N2O. The van der Waals surface area contributed by atoms with E-state index in [1.54, 1.807) is 19.1 Å². The molecule has 0 aliphatic heterocycles. The Kier molecular flexibility index (Phi) is 4.12. The molecule has 0 spiro atoms. The van der Waals surface area contributed by atoms with Crippen LogP contribution in [0.1, 0.15) is 11.4 Å². The van der Waals surface area contributed by atoms with Gasteiger partial charge in [0, 0.05) is 24.4 Å². The quantitative estimate of drug-likeness (QED) is 0.865. The largest absolute Gasteiger partial charge is 0.497 e. The number of nitrogens with zero attached hydrogens (tertiary/aromatic N) is 1. The van der Waals surface area contributed by atoms with E-state index in [0.29, 0.717) is 17.1 Å². The number of nitrogens with one attached hydrogen (secondary N) is 1. The molecule has 90 valence electrons. The predicted octanol–water partition coefficient (Wildman–Crippen LogP) is 2.05. The summed E-state index contributed by atoms with van der Waals surface area (Å²) in [6.45, 7) is 0.804. The van der Waals surface area contributed by atoms with E-state index in [9.17, 15) is 13.2 Å². The Labute approximate surface area is 91.6 Å². The summed E-state index contributed by atoms with van der Waals surface area (Å²) >= 11 is 0. The van der Waals surface area contributed by atoms with Crippen LogP contribution in [-0.4, -0.2) is 24.8 Å². The number of hydrogen-bond donors (Lipinski definition) is 1. The number of pyridine rings is 1. The van der Waals surface area contributed by atoms with Crippen molar-refractivity contribution in [2.45, 2.75) is 19.6 Å². The minimum Gasteiger partial charge on any atom is -0.497 e. The van der Waals surface area contributed by atoms with Gasteiger partial charge in [-0.15, -0.1) is 0 Å². The summed E-state index contributed by atoms with van der Waals surface area (Å²) in [5.74, 6) is 0.594. The lowest BCUT2D eigenvalue weighted by atomic mass is 10.3. The van der Waals surface area contributed by atoms with Crippen molar-refractivity contribution < 1.29 is 17.9 Å². The highest BCUT2D eigenvalue weighted by atomic mass is 19.4. The number of alkyl halides is 3. The molecule has 0 aliphatic carbocycles. The van der Waals surface area contributed by atoms with Crippen molar-refractivity contribution in [1.29, 1.82) is 0 Å². The van der Waals surface area contributed by atoms with Crippen LogP contribution in [0.3, 0.4) is 0 Å². The van der Waals surface area contributed by atoms with Gasteiger partial charge in [0.1, 0.15) is 5.75 Å². The van der Waals surface area contributed by atoms with Crippen LogP contribution in [-0.2, 0) is 6.54 Å². The molecule has 1 N–H and O–H groups in total. The van der Waals surface area contributed by atoms with Crippen molar-refractivity contribution in [3.63, 3.8) is 0 Å². The van der Waals surface area contributed by atoms with E-state index in [1.165, 1.54) is 7.11 Å². The fourth-order valence-electron chi connectivity index (χ4n) is 1.24. The van der Waals surface area contributed by atoms with E-state index in [-0.39, 0.29) is 6.54 Å². The van der Waals surface area contributed by atoms with E-state index >= 15 is 0 Å². The van der Waals surface area contributed by atoms with Crippen molar-refractivity contribution in [3.05, 3.63) is 23.5 Å². The monoisotopic (exact) mass is 234 g/mol. The van der Waals surface area contributed by atoms with E-state index in [1.807, 2.05) is 0 Å². The lowest BCUT2D eigenvalue weighted by Gasteiger charge is -2.09. The molecule has 3 nitrogen and oxygen atoms in total. The molecule has 1 rings (SSSR count). The Morgan fingerprint density at radius 1 is 1.38 bits per heavy atom. The predicted molar refractivity (Wildman–Crippen MR) is 53.3 cm³/mol. The molecule has 0 aliphatic rings. The third-order valence-corrected chi connectivity index (χ3v) is 1.85. The molecule has 0 aromatic carbocycles. The Hall–Kier alpha value is -1.30. The molecule has 0 radical (unpaired) electrons. The second-order valence-electron chi connectivity index (χ2n) is 3.36. The molecule has 0 saturated carbocycles. The number of rotatable bonds is 4. The molecule has 0 unspecified atom stereocenters. The maximum atomic E-state index is 11.9. The van der Waals surface area contributed by atoms with Gasteiger partial charge in [-0.1, -0.05) is 0 Å². The third-order valence-electron chi connectivity index (χ3n) is 1.85. The summed E-state index contributed by atoms with van der Waals surface area (Å²) in [6.07, 6.45) is -4.20. The van der Waals surface area contributed by atoms with E-state index in [0.717, 1.165) is 0 Å². The zero-order valence-electron chi connectivity index (χ0n) is 9.06. The van der Waals surface area contributed by atoms with Gasteiger partial charge in [0.2, 0.25) is 0 Å². The van der Waals surface area contributed by atoms with Gasteiger partial charge in [-0.2, -0.15) is 13.2 Å². The molecular weight excluding hydrogens is 221 g/mol. The number of halogens is 3. The van der Waals surface area contributed by atoms with Crippen molar-refractivity contribution in [3.8, 4) is 5.75 Å². The molecule has 16 heavy (non-hydrogen) atoms. The van der Waals surface area contributed by atoms with Crippen LogP contribution in [0.15, 0.2) is 12.1 Å². The standard InChI is InChI=1S/C10H13F3N2O/c1-7-3-9(16-2)4-8(15-7)5-14-6-10(11,12)13/h3-4,14H,5-6H2,1-2H3. The van der Waals surface area contributed by atoms with Crippen LogP contribution in [0, 0.1) is 6.92 Å². The maximum Gasteiger partial charge on any atom is 0.401 e. The van der Waals surface area contributed by atoms with Crippen LogP contribution >= 0.6 is 0 Å². The number of methoxy groups -OCH3 is 1. The molecule has 1 aromatic heterocycles. The molecule has 6 heteroatoms. The fourth-order valence-corrected chi connectivity index (χ4v) is 1.24. The minimum absolute atomic E-state index is 0.0670. The number of aromatic nitrogens is 1. The van der Waals surface area contributed by atoms with E-state index < -0.39 is 12.7 Å². The van der Waals surface area contributed by atoms with Crippen LogP contribution in [0.2, 0.25) is 0 Å². The van der Waals surface area contributed by atoms with E-state index in [2.05, 4.69) is 10.3 Å². The molecule has 1 heterocycles. The maximum absolute atomic E-state index is 11.9. The molecule has 0 atom stereocenters. The smallest absolute Gasteiger partial charge is 0.401 e. The van der Waals surface area contributed by atoms with E-state index in [4.69, 9.17) is 4.74 Å². The summed E-state index contributed by atoms with van der Waals surface area (Å²) in [5.41, 5.74) is 1.24. The first-order valence-corrected chi connectivity index (χ1v) is 4.70. The van der Waals surface area contributed by atoms with Crippen LogP contribution < -0.4 is 10.1 Å². The normalized spacial score (nSPS) is 11.6. The fraction of sp³-hybridized carbons (Fsp3) is 0.500. The topological polar surface area (TPSA) is 34.1 Å². The van der Waals surface area contributed by atoms with Gasteiger partial charge in [-0.05, 0) is 6.92 Å². The van der Waals surface area contributed by atoms with Crippen molar-refractivity contribution in [1.82, 2.24) is 10.3 Å². The first-order chi connectivity index (χ1) is 7.40. The Morgan fingerprint density at radius 2 is 2.06 bits per heavy atom. The van der Waals surface area contributed by atoms with Crippen molar-refractivity contribution in [2.24, 2.45) is 0 Å². The van der Waals surface area contributed by atoms with Crippen LogP contribution in [0.5, 0.6) is 5.75 Å². The molecule has 0 amide bonds. The summed E-state index contributed by atoms with van der Waals surface area (Å²) in [7, 11) is 1.50. The zero-order chi connectivity index (χ0) is 12.2. The molecule has 0 bridgehead atoms. The summed E-state index contributed by atoms with van der Waals surface area (Å²) < 4.78 is 40.6. The van der Waals surface area contributed by atoms with Gasteiger partial charge < -0.3 is 10.1 Å². The third kappa shape index (κ3) is 4.48. The second kappa shape index (κ2) is 5.16. The highest BCUT2D eigenvalue weighted by Crippen LogP contribution is 2.15. The van der Waals surface area contributed by atoms with Gasteiger partial charge in [-0.3, -0.25) is 4.98 Å². The van der Waals surface area contributed by atoms with Gasteiger partial charge in [0.05, 0.1) is 19.3 Å².